The quantitative estimate of drug-likeness (QED) is 0.705. The molecule has 1 N–H and O–H groups in total. The van der Waals surface area contributed by atoms with Crippen molar-refractivity contribution in [3.8, 4) is 0 Å². The molecule has 26 heavy (non-hydrogen) atoms. The minimum absolute atomic E-state index is 0.119. The highest BCUT2D eigenvalue weighted by atomic mass is 35.5. The maximum atomic E-state index is 12.9. The molecule has 2 aromatic carbocycles. The molecule has 0 saturated carbocycles. The summed E-state index contributed by atoms with van der Waals surface area (Å²) in [5.41, 5.74) is 0.960. The maximum absolute atomic E-state index is 12.9. The van der Waals surface area contributed by atoms with Crippen LogP contribution in [0.5, 0.6) is 0 Å². The van der Waals surface area contributed by atoms with Crippen LogP contribution in [-0.2, 0) is 21.6 Å². The van der Waals surface area contributed by atoms with E-state index in [4.69, 9.17) is 11.6 Å². The van der Waals surface area contributed by atoms with Crippen LogP contribution in [0.3, 0.4) is 0 Å². The molecule has 0 aromatic heterocycles. The Bertz CT molecular complexity index is 932. The van der Waals surface area contributed by atoms with Gasteiger partial charge in [-0.1, -0.05) is 38.4 Å². The molecule has 2 rings (SSSR count). The third kappa shape index (κ3) is 4.51. The van der Waals surface area contributed by atoms with Crippen LogP contribution >= 0.6 is 11.6 Å². The van der Waals surface area contributed by atoms with Gasteiger partial charge in [0.15, 0.2) is 0 Å². The van der Waals surface area contributed by atoms with Gasteiger partial charge in [0.1, 0.15) is 4.90 Å². The summed E-state index contributed by atoms with van der Waals surface area (Å²) in [7, 11) is -4.27. The smallest absolute Gasteiger partial charge is 0.280 e. The molecule has 0 fully saturated rings. The molecule has 0 radical (unpaired) electrons. The van der Waals surface area contributed by atoms with E-state index in [0.717, 1.165) is 23.3 Å². The van der Waals surface area contributed by atoms with E-state index >= 15 is 0 Å². The Morgan fingerprint density at radius 3 is 2.12 bits per heavy atom. The van der Waals surface area contributed by atoms with Crippen molar-refractivity contribution in [1.29, 1.82) is 0 Å². The first-order valence-electron chi connectivity index (χ1n) is 7.72. The van der Waals surface area contributed by atoms with E-state index in [1.54, 1.807) is 18.2 Å². The predicted molar refractivity (Wildman–Crippen MR) is 97.1 cm³/mol. The van der Waals surface area contributed by atoms with E-state index in [2.05, 4.69) is 4.72 Å². The second kappa shape index (κ2) is 6.78. The van der Waals surface area contributed by atoms with E-state index in [0.29, 0.717) is 6.07 Å². The number of rotatable bonds is 3. The molecule has 0 saturated heterocycles. The van der Waals surface area contributed by atoms with E-state index in [-0.39, 0.29) is 16.1 Å². The highest BCUT2D eigenvalue weighted by molar-refractivity contribution is 7.92. The Kier molecular flexibility index (Phi) is 5.36. The van der Waals surface area contributed by atoms with Crippen LogP contribution in [0.25, 0.3) is 0 Å². The number of nitrogens with one attached hydrogen (secondary N) is 1. The number of halogens is 4. The van der Waals surface area contributed by atoms with E-state index in [9.17, 15) is 21.6 Å². The second-order valence-corrected chi connectivity index (χ2v) is 9.09. The lowest BCUT2D eigenvalue weighted by molar-refractivity contribution is -0.137. The monoisotopic (exact) mass is 405 g/mol. The van der Waals surface area contributed by atoms with Gasteiger partial charge >= 0.3 is 6.18 Å². The summed E-state index contributed by atoms with van der Waals surface area (Å²) < 4.78 is 66.0. The first kappa shape index (κ1) is 20.6. The lowest BCUT2D eigenvalue weighted by Gasteiger charge is -2.22. The number of anilines is 1. The van der Waals surface area contributed by atoms with Gasteiger partial charge in [-0.2, -0.15) is 13.2 Å². The molecule has 0 aliphatic rings. The summed E-state index contributed by atoms with van der Waals surface area (Å²) in [6, 6.07) is 7.20. The molecule has 3 nitrogen and oxygen atoms in total. The van der Waals surface area contributed by atoms with Crippen molar-refractivity contribution in [3.05, 3.63) is 58.1 Å². The lowest BCUT2D eigenvalue weighted by Crippen LogP contribution is -2.17. The molecule has 0 amide bonds. The van der Waals surface area contributed by atoms with Gasteiger partial charge < -0.3 is 0 Å². The number of hydrogen-bond donors (Lipinski definition) is 1. The summed E-state index contributed by atoms with van der Waals surface area (Å²) in [6.45, 7) is 7.93. The van der Waals surface area contributed by atoms with Crippen molar-refractivity contribution < 1.29 is 21.6 Å². The summed E-state index contributed by atoms with van der Waals surface area (Å²) in [4.78, 5) is -0.619. The van der Waals surface area contributed by atoms with Crippen LogP contribution in [0.15, 0.2) is 41.3 Å². The van der Waals surface area contributed by atoms with Gasteiger partial charge in [-0.05, 0) is 53.8 Å². The first-order chi connectivity index (χ1) is 11.7. The van der Waals surface area contributed by atoms with Crippen LogP contribution < -0.4 is 4.72 Å². The Hall–Kier alpha value is -1.73. The zero-order valence-electron chi connectivity index (χ0n) is 14.7. The summed E-state index contributed by atoms with van der Waals surface area (Å²) in [5.74, 6) is 0. The van der Waals surface area contributed by atoms with Crippen LogP contribution in [0, 0.1) is 6.92 Å². The number of benzene rings is 2. The zero-order valence-corrected chi connectivity index (χ0v) is 16.3. The van der Waals surface area contributed by atoms with Gasteiger partial charge in [-0.25, -0.2) is 8.42 Å². The van der Waals surface area contributed by atoms with Gasteiger partial charge in [0.05, 0.1) is 10.6 Å². The van der Waals surface area contributed by atoms with Crippen molar-refractivity contribution in [2.45, 2.75) is 44.2 Å². The molecule has 0 bridgehead atoms. The molecule has 0 aliphatic carbocycles. The third-order valence-electron chi connectivity index (χ3n) is 3.83. The number of hydrogen-bond acceptors (Lipinski definition) is 2. The SMILES string of the molecule is Cc1cc(NS(=O)(=O)c2cc(C(F)(F)F)ccc2Cl)ccc1C(C)(C)C. The van der Waals surface area contributed by atoms with Crippen LogP contribution in [-0.4, -0.2) is 8.42 Å². The maximum Gasteiger partial charge on any atom is 0.416 e. The second-order valence-electron chi connectivity index (χ2n) is 7.03. The third-order valence-corrected chi connectivity index (χ3v) is 5.70. The van der Waals surface area contributed by atoms with Crippen molar-refractivity contribution in [1.82, 2.24) is 0 Å². The van der Waals surface area contributed by atoms with Crippen LogP contribution in [0.4, 0.5) is 18.9 Å². The summed E-state index contributed by atoms with van der Waals surface area (Å²) in [6.07, 6.45) is -4.67. The average Bonchev–Trinajstić information content (AvgIpc) is 2.44. The fourth-order valence-corrected chi connectivity index (χ4v) is 4.24. The van der Waals surface area contributed by atoms with E-state index < -0.39 is 26.7 Å². The molecular weight excluding hydrogens is 387 g/mol. The van der Waals surface area contributed by atoms with Gasteiger partial charge in [0.2, 0.25) is 0 Å². The molecule has 0 atom stereocenters. The molecule has 2 aromatic rings. The molecular formula is C18H19ClF3NO2S. The highest BCUT2D eigenvalue weighted by Gasteiger charge is 2.32. The van der Waals surface area contributed by atoms with Gasteiger partial charge in [0, 0.05) is 5.69 Å². The fourth-order valence-electron chi connectivity index (χ4n) is 2.66. The van der Waals surface area contributed by atoms with Crippen molar-refractivity contribution in [2.75, 3.05) is 4.72 Å². The average molecular weight is 406 g/mol. The Morgan fingerprint density at radius 1 is 1.00 bits per heavy atom. The van der Waals surface area contributed by atoms with Crippen LogP contribution in [0.2, 0.25) is 5.02 Å². The number of alkyl halides is 3. The molecule has 0 unspecified atom stereocenters. The van der Waals surface area contributed by atoms with Crippen LogP contribution in [0.1, 0.15) is 37.5 Å². The fraction of sp³-hybridized carbons (Fsp3) is 0.333. The molecule has 0 spiro atoms. The van der Waals surface area contributed by atoms with E-state index in [1.165, 1.54) is 0 Å². The minimum atomic E-state index is -4.67. The number of sulfonamides is 1. The van der Waals surface area contributed by atoms with E-state index in [1.807, 2.05) is 27.7 Å². The largest absolute Gasteiger partial charge is 0.416 e. The minimum Gasteiger partial charge on any atom is -0.280 e. The Labute approximate surface area is 156 Å². The predicted octanol–water partition coefficient (Wildman–Crippen LogP) is 5.77. The Balaban J connectivity index is 2.43. The molecule has 142 valence electrons. The summed E-state index contributed by atoms with van der Waals surface area (Å²) in [5, 5.41) is -0.284. The molecule has 0 aliphatic heterocycles. The first-order valence-corrected chi connectivity index (χ1v) is 9.58. The van der Waals surface area contributed by atoms with Gasteiger partial charge in [0.25, 0.3) is 10.0 Å². The lowest BCUT2D eigenvalue weighted by atomic mass is 9.84. The van der Waals surface area contributed by atoms with Gasteiger partial charge in [-0.3, -0.25) is 4.72 Å². The standard InChI is InChI=1S/C18H19ClF3NO2S/c1-11-9-13(6-7-14(11)17(2,3)4)23-26(24,25)16-10-12(18(20,21)22)5-8-15(16)19/h5-10,23H,1-4H3. The molecule has 0 heterocycles. The zero-order chi connectivity index (χ0) is 19.9. The summed E-state index contributed by atoms with van der Waals surface area (Å²) >= 11 is 5.83. The van der Waals surface area contributed by atoms with Crippen molar-refractivity contribution >= 4 is 27.3 Å². The highest BCUT2D eigenvalue weighted by Crippen LogP contribution is 2.34. The van der Waals surface area contributed by atoms with Gasteiger partial charge in [-0.15, -0.1) is 0 Å². The Morgan fingerprint density at radius 2 is 1.62 bits per heavy atom. The topological polar surface area (TPSA) is 46.2 Å². The number of aryl methyl sites for hydroxylation is 1. The van der Waals surface area contributed by atoms with Crippen molar-refractivity contribution in [2.24, 2.45) is 0 Å². The van der Waals surface area contributed by atoms with Crippen molar-refractivity contribution in [3.63, 3.8) is 0 Å². The molecule has 8 heteroatoms. The normalized spacial score (nSPS) is 12.9.